The van der Waals surface area contributed by atoms with Crippen LogP contribution in [-0.4, -0.2) is 49.6 Å². The molecule has 0 aromatic heterocycles. The number of benzene rings is 1. The Hall–Kier alpha value is -2.02. The summed E-state index contributed by atoms with van der Waals surface area (Å²) < 4.78 is 31.5. The second-order valence-electron chi connectivity index (χ2n) is 5.19. The van der Waals surface area contributed by atoms with Crippen LogP contribution in [0.5, 0.6) is 0 Å². The van der Waals surface area contributed by atoms with E-state index in [-0.39, 0.29) is 30.4 Å². The average Bonchev–Trinajstić information content (AvgIpc) is 2.81. The van der Waals surface area contributed by atoms with Crippen LogP contribution in [0.25, 0.3) is 0 Å². The van der Waals surface area contributed by atoms with Gasteiger partial charge < -0.3 is 15.0 Å². The van der Waals surface area contributed by atoms with Crippen molar-refractivity contribution in [3.05, 3.63) is 35.4 Å². The van der Waals surface area contributed by atoms with Crippen molar-refractivity contribution >= 4 is 11.8 Å². The van der Waals surface area contributed by atoms with E-state index in [1.54, 1.807) is 12.0 Å². The number of likely N-dealkylation sites (tertiary alicyclic amines) is 1. The van der Waals surface area contributed by atoms with Gasteiger partial charge in [-0.1, -0.05) is 12.1 Å². The number of rotatable bonds is 6. The fourth-order valence-electron chi connectivity index (χ4n) is 2.42. The molecule has 7 heteroatoms. The first-order valence-electron chi connectivity index (χ1n) is 7.00. The molecule has 0 saturated carbocycles. The van der Waals surface area contributed by atoms with E-state index < -0.39 is 17.5 Å². The molecule has 2 rings (SSSR count). The van der Waals surface area contributed by atoms with Crippen LogP contribution in [0.4, 0.5) is 8.78 Å². The molecular weight excluding hydrogens is 294 g/mol. The zero-order valence-electron chi connectivity index (χ0n) is 12.3. The lowest BCUT2D eigenvalue weighted by Crippen LogP contribution is -2.38. The number of ether oxygens (including phenoxy) is 1. The molecule has 120 valence electrons. The molecule has 1 saturated heterocycles. The fourth-order valence-corrected chi connectivity index (χ4v) is 2.42. The standard InChI is InChI=1S/C15H18F2N2O3/c1-22-6-5-19-9-11(8-14(19)21)18-13(20)7-10-3-2-4-12(16)15(10)17/h2-4,11H,5-9H2,1H3,(H,18,20)/t11-/m1/s1. The highest BCUT2D eigenvalue weighted by atomic mass is 19.2. The Morgan fingerprint density at radius 1 is 1.45 bits per heavy atom. The minimum absolute atomic E-state index is 0.00179. The Morgan fingerprint density at radius 2 is 2.23 bits per heavy atom. The lowest BCUT2D eigenvalue weighted by Gasteiger charge is -2.16. The van der Waals surface area contributed by atoms with E-state index in [4.69, 9.17) is 4.74 Å². The van der Waals surface area contributed by atoms with Crippen molar-refractivity contribution in [3.8, 4) is 0 Å². The zero-order valence-corrected chi connectivity index (χ0v) is 12.3. The molecule has 1 aliphatic rings. The van der Waals surface area contributed by atoms with E-state index in [1.807, 2.05) is 0 Å². The number of methoxy groups -OCH3 is 1. The molecule has 0 radical (unpaired) electrons. The monoisotopic (exact) mass is 312 g/mol. The Kier molecular flexibility index (Phi) is 5.43. The molecule has 1 N–H and O–H groups in total. The number of amides is 2. The Morgan fingerprint density at radius 3 is 2.95 bits per heavy atom. The summed E-state index contributed by atoms with van der Waals surface area (Å²) in [6, 6.07) is 3.41. The van der Waals surface area contributed by atoms with Crippen LogP contribution >= 0.6 is 0 Å². The Balaban J connectivity index is 1.88. The summed E-state index contributed by atoms with van der Waals surface area (Å²) >= 11 is 0. The summed E-state index contributed by atoms with van der Waals surface area (Å²) in [5.41, 5.74) is -0.00179. The number of carbonyl (C=O) groups is 2. The number of carbonyl (C=O) groups excluding carboxylic acids is 2. The van der Waals surface area contributed by atoms with Crippen molar-refractivity contribution in [3.63, 3.8) is 0 Å². The molecule has 0 spiro atoms. The van der Waals surface area contributed by atoms with Gasteiger partial charge in [0.1, 0.15) is 0 Å². The van der Waals surface area contributed by atoms with Crippen molar-refractivity contribution in [1.29, 1.82) is 0 Å². The lowest BCUT2D eigenvalue weighted by atomic mass is 10.1. The highest BCUT2D eigenvalue weighted by molar-refractivity contribution is 5.83. The molecule has 1 fully saturated rings. The van der Waals surface area contributed by atoms with E-state index in [0.717, 1.165) is 6.07 Å². The molecule has 0 aliphatic carbocycles. The van der Waals surface area contributed by atoms with Crippen LogP contribution in [0.3, 0.4) is 0 Å². The van der Waals surface area contributed by atoms with Crippen molar-refractivity contribution in [2.45, 2.75) is 18.9 Å². The maximum atomic E-state index is 13.5. The molecular formula is C15H18F2N2O3. The van der Waals surface area contributed by atoms with Gasteiger partial charge in [-0.05, 0) is 6.07 Å². The van der Waals surface area contributed by atoms with Gasteiger partial charge in [0.15, 0.2) is 11.6 Å². The number of halogens is 2. The summed E-state index contributed by atoms with van der Waals surface area (Å²) in [7, 11) is 1.55. The number of hydrogen-bond donors (Lipinski definition) is 1. The quantitative estimate of drug-likeness (QED) is 0.848. The van der Waals surface area contributed by atoms with Gasteiger partial charge in [-0.15, -0.1) is 0 Å². The largest absolute Gasteiger partial charge is 0.383 e. The third kappa shape index (κ3) is 4.00. The van der Waals surface area contributed by atoms with Crippen LogP contribution in [0.1, 0.15) is 12.0 Å². The SMILES string of the molecule is COCCN1C[C@H](NC(=O)Cc2cccc(F)c2F)CC1=O. The number of nitrogens with one attached hydrogen (secondary N) is 1. The Labute approximate surface area is 127 Å². The van der Waals surface area contributed by atoms with Crippen molar-refractivity contribution < 1.29 is 23.1 Å². The van der Waals surface area contributed by atoms with Gasteiger partial charge in [-0.2, -0.15) is 0 Å². The van der Waals surface area contributed by atoms with Gasteiger partial charge in [0.2, 0.25) is 11.8 Å². The van der Waals surface area contributed by atoms with Crippen LogP contribution in [0.2, 0.25) is 0 Å². The second kappa shape index (κ2) is 7.31. The van der Waals surface area contributed by atoms with Crippen LogP contribution in [-0.2, 0) is 20.7 Å². The van der Waals surface area contributed by atoms with Gasteiger partial charge in [0, 0.05) is 32.2 Å². The van der Waals surface area contributed by atoms with Gasteiger partial charge in [-0.3, -0.25) is 9.59 Å². The van der Waals surface area contributed by atoms with E-state index in [2.05, 4.69) is 5.32 Å². The second-order valence-corrected chi connectivity index (χ2v) is 5.19. The predicted molar refractivity (Wildman–Crippen MR) is 75.1 cm³/mol. The van der Waals surface area contributed by atoms with Crippen LogP contribution in [0, 0.1) is 11.6 Å². The molecule has 5 nitrogen and oxygen atoms in total. The third-order valence-corrected chi connectivity index (χ3v) is 3.53. The summed E-state index contributed by atoms with van der Waals surface area (Å²) in [5, 5.41) is 2.68. The lowest BCUT2D eigenvalue weighted by molar-refractivity contribution is -0.128. The summed E-state index contributed by atoms with van der Waals surface area (Å²) in [6.07, 6.45) is -0.0482. The molecule has 2 amide bonds. The smallest absolute Gasteiger partial charge is 0.224 e. The summed E-state index contributed by atoms with van der Waals surface area (Å²) in [4.78, 5) is 25.3. The molecule has 1 aromatic rings. The first kappa shape index (κ1) is 16.4. The molecule has 1 aromatic carbocycles. The normalized spacial score (nSPS) is 17.9. The topological polar surface area (TPSA) is 58.6 Å². The van der Waals surface area contributed by atoms with Gasteiger partial charge in [0.05, 0.1) is 19.1 Å². The minimum Gasteiger partial charge on any atom is -0.383 e. The van der Waals surface area contributed by atoms with E-state index in [1.165, 1.54) is 12.1 Å². The first-order valence-corrected chi connectivity index (χ1v) is 7.00. The van der Waals surface area contributed by atoms with Crippen molar-refractivity contribution in [2.75, 3.05) is 26.8 Å². The van der Waals surface area contributed by atoms with Gasteiger partial charge in [-0.25, -0.2) is 8.78 Å². The van der Waals surface area contributed by atoms with Crippen LogP contribution < -0.4 is 5.32 Å². The maximum Gasteiger partial charge on any atom is 0.224 e. The average molecular weight is 312 g/mol. The minimum atomic E-state index is -1.01. The Bertz CT molecular complexity index is 566. The van der Waals surface area contributed by atoms with Gasteiger partial charge >= 0.3 is 0 Å². The highest BCUT2D eigenvalue weighted by Crippen LogP contribution is 2.14. The molecule has 1 atom stereocenters. The van der Waals surface area contributed by atoms with Crippen LogP contribution in [0.15, 0.2) is 18.2 Å². The molecule has 1 heterocycles. The number of nitrogens with zero attached hydrogens (tertiary/aromatic N) is 1. The summed E-state index contributed by atoms with van der Waals surface area (Å²) in [6.45, 7) is 1.31. The zero-order chi connectivity index (χ0) is 16.1. The highest BCUT2D eigenvalue weighted by Gasteiger charge is 2.30. The molecule has 0 bridgehead atoms. The van der Waals surface area contributed by atoms with Crippen molar-refractivity contribution in [1.82, 2.24) is 10.2 Å². The first-order chi connectivity index (χ1) is 10.5. The summed E-state index contributed by atoms with van der Waals surface area (Å²) in [5.74, 6) is -2.48. The molecule has 1 aliphatic heterocycles. The van der Waals surface area contributed by atoms with E-state index >= 15 is 0 Å². The third-order valence-electron chi connectivity index (χ3n) is 3.53. The molecule has 0 unspecified atom stereocenters. The van der Waals surface area contributed by atoms with Crippen molar-refractivity contribution in [2.24, 2.45) is 0 Å². The van der Waals surface area contributed by atoms with E-state index in [9.17, 15) is 18.4 Å². The predicted octanol–water partition coefficient (Wildman–Crippen LogP) is 0.871. The number of hydrogen-bond acceptors (Lipinski definition) is 3. The van der Waals surface area contributed by atoms with E-state index in [0.29, 0.717) is 19.7 Å². The molecule has 22 heavy (non-hydrogen) atoms. The van der Waals surface area contributed by atoms with Gasteiger partial charge in [0.25, 0.3) is 0 Å². The maximum absolute atomic E-state index is 13.5. The fraction of sp³-hybridized carbons (Fsp3) is 0.467.